The fraction of sp³-hybridized carbons (Fsp3) is 0.438. The Kier molecular flexibility index (Phi) is 7.03. The van der Waals surface area contributed by atoms with Crippen LogP contribution >= 0.6 is 0 Å². The first-order chi connectivity index (χ1) is 11.3. The third-order valence-electron chi connectivity index (χ3n) is 3.28. The molecule has 0 aliphatic carbocycles. The molecule has 0 bridgehead atoms. The summed E-state index contributed by atoms with van der Waals surface area (Å²) in [5, 5.41) is 14.1. The summed E-state index contributed by atoms with van der Waals surface area (Å²) in [6.07, 6.45) is 5.52. The highest BCUT2D eigenvalue weighted by Crippen LogP contribution is 2.03. The Balaban J connectivity index is 1.71. The number of hydrogen-bond donors (Lipinski definition) is 2. The molecule has 0 unspecified atom stereocenters. The molecule has 0 radical (unpaired) electrons. The summed E-state index contributed by atoms with van der Waals surface area (Å²) in [6.45, 7) is 5.11. The molecular formula is C16H23FN6. The third-order valence-corrected chi connectivity index (χ3v) is 3.28. The van der Waals surface area contributed by atoms with Crippen molar-refractivity contribution in [2.24, 2.45) is 4.99 Å². The highest BCUT2D eigenvalue weighted by atomic mass is 19.1. The van der Waals surface area contributed by atoms with Crippen LogP contribution in [0.3, 0.4) is 0 Å². The van der Waals surface area contributed by atoms with Gasteiger partial charge in [0.2, 0.25) is 0 Å². The lowest BCUT2D eigenvalue weighted by Gasteiger charge is -2.11. The van der Waals surface area contributed by atoms with Gasteiger partial charge in [-0.25, -0.2) is 9.38 Å². The molecule has 1 aromatic heterocycles. The summed E-state index contributed by atoms with van der Waals surface area (Å²) in [5.41, 5.74) is 0.983. The van der Waals surface area contributed by atoms with E-state index in [2.05, 4.69) is 25.8 Å². The molecule has 2 N–H and O–H groups in total. The van der Waals surface area contributed by atoms with E-state index in [1.807, 2.05) is 11.5 Å². The lowest BCUT2D eigenvalue weighted by atomic mass is 10.2. The van der Waals surface area contributed by atoms with Crippen LogP contribution in [0, 0.1) is 5.82 Å². The van der Waals surface area contributed by atoms with Gasteiger partial charge in [-0.2, -0.15) is 0 Å². The average molecular weight is 318 g/mol. The standard InChI is InChI=1S/C16H23FN6/c1-2-18-16(20-11-14-5-7-15(17)8-6-14)19-9-3-4-10-23-12-21-22-13-23/h5-8,12-13H,2-4,9-11H2,1H3,(H2,18,19,20). The minimum absolute atomic E-state index is 0.226. The molecule has 0 saturated carbocycles. The predicted molar refractivity (Wildman–Crippen MR) is 88.5 cm³/mol. The summed E-state index contributed by atoms with van der Waals surface area (Å²) in [4.78, 5) is 4.51. The van der Waals surface area contributed by atoms with Gasteiger partial charge in [-0.05, 0) is 37.5 Å². The van der Waals surface area contributed by atoms with Crippen molar-refractivity contribution < 1.29 is 4.39 Å². The van der Waals surface area contributed by atoms with Crippen LogP contribution in [0.5, 0.6) is 0 Å². The number of benzene rings is 1. The molecule has 0 aliphatic rings. The van der Waals surface area contributed by atoms with Gasteiger partial charge in [0.05, 0.1) is 6.54 Å². The van der Waals surface area contributed by atoms with E-state index in [0.717, 1.165) is 44.0 Å². The maximum atomic E-state index is 12.9. The third kappa shape index (κ3) is 6.46. The zero-order valence-electron chi connectivity index (χ0n) is 13.4. The largest absolute Gasteiger partial charge is 0.357 e. The number of aliphatic imine (C=N–C) groups is 1. The lowest BCUT2D eigenvalue weighted by Crippen LogP contribution is -2.37. The number of rotatable bonds is 8. The van der Waals surface area contributed by atoms with Gasteiger partial charge in [-0.1, -0.05) is 12.1 Å². The molecule has 0 saturated heterocycles. The van der Waals surface area contributed by atoms with Crippen molar-refractivity contribution in [3.8, 4) is 0 Å². The van der Waals surface area contributed by atoms with E-state index in [0.29, 0.717) is 6.54 Å². The minimum Gasteiger partial charge on any atom is -0.357 e. The summed E-state index contributed by atoms with van der Waals surface area (Å²) in [5.74, 6) is 0.553. The van der Waals surface area contributed by atoms with Crippen LogP contribution in [0.25, 0.3) is 0 Å². The van der Waals surface area contributed by atoms with Crippen LogP contribution < -0.4 is 10.6 Å². The molecule has 0 atom stereocenters. The number of nitrogens with one attached hydrogen (secondary N) is 2. The number of unbranched alkanes of at least 4 members (excludes halogenated alkanes) is 1. The SMILES string of the molecule is CCNC(=NCc1ccc(F)cc1)NCCCCn1cnnc1. The van der Waals surface area contributed by atoms with E-state index in [1.165, 1.54) is 12.1 Å². The first kappa shape index (κ1) is 16.9. The van der Waals surface area contributed by atoms with Crippen LogP contribution in [0.2, 0.25) is 0 Å². The van der Waals surface area contributed by atoms with Crippen molar-refractivity contribution >= 4 is 5.96 Å². The molecule has 1 heterocycles. The maximum absolute atomic E-state index is 12.9. The quantitative estimate of drug-likeness (QED) is 0.443. The van der Waals surface area contributed by atoms with Gasteiger partial charge in [-0.3, -0.25) is 0 Å². The van der Waals surface area contributed by atoms with Crippen molar-refractivity contribution in [1.29, 1.82) is 0 Å². The Hall–Kier alpha value is -2.44. The summed E-state index contributed by atoms with van der Waals surface area (Å²) in [6, 6.07) is 6.41. The van der Waals surface area contributed by atoms with Crippen LogP contribution in [0.4, 0.5) is 4.39 Å². The fourth-order valence-electron chi connectivity index (χ4n) is 2.07. The molecule has 0 aliphatic heterocycles. The zero-order valence-corrected chi connectivity index (χ0v) is 13.4. The number of guanidine groups is 1. The highest BCUT2D eigenvalue weighted by molar-refractivity contribution is 5.79. The van der Waals surface area contributed by atoms with Crippen molar-refractivity contribution in [2.75, 3.05) is 13.1 Å². The van der Waals surface area contributed by atoms with Gasteiger partial charge < -0.3 is 15.2 Å². The lowest BCUT2D eigenvalue weighted by molar-refractivity contribution is 0.597. The van der Waals surface area contributed by atoms with E-state index in [-0.39, 0.29) is 5.82 Å². The Bertz CT molecular complexity index is 579. The van der Waals surface area contributed by atoms with Crippen molar-refractivity contribution in [1.82, 2.24) is 25.4 Å². The molecule has 23 heavy (non-hydrogen) atoms. The second-order valence-electron chi connectivity index (χ2n) is 5.16. The Morgan fingerprint density at radius 2 is 1.87 bits per heavy atom. The summed E-state index contributed by atoms with van der Waals surface area (Å²) in [7, 11) is 0. The van der Waals surface area contributed by atoms with Gasteiger partial charge in [0.15, 0.2) is 5.96 Å². The van der Waals surface area contributed by atoms with Gasteiger partial charge in [0.25, 0.3) is 0 Å². The Morgan fingerprint density at radius 3 is 2.57 bits per heavy atom. The number of hydrogen-bond acceptors (Lipinski definition) is 3. The normalized spacial score (nSPS) is 11.5. The van der Waals surface area contributed by atoms with Gasteiger partial charge in [0, 0.05) is 19.6 Å². The maximum Gasteiger partial charge on any atom is 0.191 e. The molecule has 0 spiro atoms. The van der Waals surface area contributed by atoms with Crippen LogP contribution in [-0.4, -0.2) is 33.8 Å². The fourth-order valence-corrected chi connectivity index (χ4v) is 2.07. The predicted octanol–water partition coefficient (Wildman–Crippen LogP) is 1.95. The smallest absolute Gasteiger partial charge is 0.191 e. The van der Waals surface area contributed by atoms with E-state index in [4.69, 9.17) is 0 Å². The molecule has 1 aromatic carbocycles. The molecule has 0 amide bonds. The van der Waals surface area contributed by atoms with Gasteiger partial charge >= 0.3 is 0 Å². The minimum atomic E-state index is -0.226. The molecule has 7 heteroatoms. The number of halogens is 1. The highest BCUT2D eigenvalue weighted by Gasteiger charge is 1.98. The molecule has 2 aromatic rings. The second kappa shape index (κ2) is 9.55. The molecule has 6 nitrogen and oxygen atoms in total. The van der Waals surface area contributed by atoms with E-state index in [9.17, 15) is 4.39 Å². The molecule has 0 fully saturated rings. The van der Waals surface area contributed by atoms with Crippen LogP contribution in [0.15, 0.2) is 41.9 Å². The van der Waals surface area contributed by atoms with E-state index < -0.39 is 0 Å². The number of aryl methyl sites for hydroxylation is 1. The van der Waals surface area contributed by atoms with Crippen molar-refractivity contribution in [3.05, 3.63) is 48.3 Å². The summed E-state index contributed by atoms with van der Waals surface area (Å²) >= 11 is 0. The van der Waals surface area contributed by atoms with Crippen LogP contribution in [0.1, 0.15) is 25.3 Å². The topological polar surface area (TPSA) is 67.1 Å². The summed E-state index contributed by atoms with van der Waals surface area (Å²) < 4.78 is 14.8. The monoisotopic (exact) mass is 318 g/mol. The zero-order chi connectivity index (χ0) is 16.3. The first-order valence-corrected chi connectivity index (χ1v) is 7.87. The van der Waals surface area contributed by atoms with Gasteiger partial charge in [-0.15, -0.1) is 10.2 Å². The van der Waals surface area contributed by atoms with Crippen molar-refractivity contribution in [2.45, 2.75) is 32.9 Å². The van der Waals surface area contributed by atoms with Crippen LogP contribution in [-0.2, 0) is 13.1 Å². The van der Waals surface area contributed by atoms with Gasteiger partial charge in [0.1, 0.15) is 18.5 Å². The first-order valence-electron chi connectivity index (χ1n) is 7.87. The average Bonchev–Trinajstić information content (AvgIpc) is 3.07. The Morgan fingerprint density at radius 1 is 1.13 bits per heavy atom. The van der Waals surface area contributed by atoms with E-state index in [1.54, 1.807) is 24.8 Å². The van der Waals surface area contributed by atoms with E-state index >= 15 is 0 Å². The second-order valence-corrected chi connectivity index (χ2v) is 5.16. The molecular weight excluding hydrogens is 295 g/mol. The van der Waals surface area contributed by atoms with Crippen molar-refractivity contribution in [3.63, 3.8) is 0 Å². The number of aromatic nitrogens is 3. The molecule has 2 rings (SSSR count). The Labute approximate surface area is 135 Å². The number of nitrogens with zero attached hydrogens (tertiary/aromatic N) is 4. The molecule has 124 valence electrons.